The van der Waals surface area contributed by atoms with Crippen LogP contribution in [0.3, 0.4) is 0 Å². The Morgan fingerprint density at radius 3 is 2.28 bits per heavy atom. The summed E-state index contributed by atoms with van der Waals surface area (Å²) in [6.45, 7) is 0. The van der Waals surface area contributed by atoms with Crippen molar-refractivity contribution >= 4 is 29.0 Å². The standard InChI is InChI=1S/C23H13F3N4O6/c24-23(25,26)16-6-9-21(20(11-16)30(34)35)36-19-7-4-14(5-8-19)10-15(13-27)22(31)28-17-2-1-3-18(12-17)29(32)33/h1-12H,(H,28,31)/b15-10+. The maximum atomic E-state index is 12.8. The van der Waals surface area contributed by atoms with Gasteiger partial charge in [-0.2, -0.15) is 18.4 Å². The fourth-order valence-corrected chi connectivity index (χ4v) is 2.89. The predicted molar refractivity (Wildman–Crippen MR) is 120 cm³/mol. The van der Waals surface area contributed by atoms with Crippen LogP contribution < -0.4 is 10.1 Å². The highest BCUT2D eigenvalue weighted by Gasteiger charge is 2.33. The van der Waals surface area contributed by atoms with Crippen LogP contribution in [0.25, 0.3) is 6.08 Å². The van der Waals surface area contributed by atoms with Gasteiger partial charge in [-0.15, -0.1) is 0 Å². The number of anilines is 1. The van der Waals surface area contributed by atoms with Gasteiger partial charge in [0.15, 0.2) is 0 Å². The zero-order valence-corrected chi connectivity index (χ0v) is 17.9. The number of amides is 1. The van der Waals surface area contributed by atoms with E-state index in [2.05, 4.69) is 5.32 Å². The molecule has 0 saturated carbocycles. The van der Waals surface area contributed by atoms with Gasteiger partial charge in [-0.25, -0.2) is 0 Å². The molecule has 0 aliphatic carbocycles. The number of hydrogen-bond acceptors (Lipinski definition) is 7. The molecular weight excluding hydrogens is 485 g/mol. The maximum absolute atomic E-state index is 12.8. The van der Waals surface area contributed by atoms with E-state index in [1.54, 1.807) is 6.07 Å². The number of alkyl halides is 3. The van der Waals surface area contributed by atoms with Gasteiger partial charge in [-0.3, -0.25) is 25.0 Å². The molecule has 0 aromatic heterocycles. The molecule has 1 N–H and O–H groups in total. The second-order valence-electron chi connectivity index (χ2n) is 7.04. The van der Waals surface area contributed by atoms with E-state index in [0.29, 0.717) is 17.7 Å². The molecule has 3 rings (SSSR count). The lowest BCUT2D eigenvalue weighted by Crippen LogP contribution is -2.13. The minimum absolute atomic E-state index is 0.0505. The van der Waals surface area contributed by atoms with Crippen LogP contribution in [-0.2, 0) is 11.0 Å². The van der Waals surface area contributed by atoms with E-state index >= 15 is 0 Å². The molecule has 0 aliphatic rings. The smallest absolute Gasteiger partial charge is 0.416 e. The molecule has 0 bridgehead atoms. The normalized spacial score (nSPS) is 11.3. The number of carbonyl (C=O) groups excluding carboxylic acids is 1. The van der Waals surface area contributed by atoms with Crippen LogP contribution in [0, 0.1) is 31.6 Å². The van der Waals surface area contributed by atoms with Gasteiger partial charge < -0.3 is 10.1 Å². The SMILES string of the molecule is N#C/C(=C\c1ccc(Oc2ccc(C(F)(F)F)cc2[N+](=O)[O-])cc1)C(=O)Nc1cccc([N+](=O)[O-])c1. The van der Waals surface area contributed by atoms with E-state index in [0.717, 1.165) is 12.1 Å². The number of nitriles is 1. The van der Waals surface area contributed by atoms with Crippen LogP contribution in [0.1, 0.15) is 11.1 Å². The van der Waals surface area contributed by atoms with Crippen LogP contribution >= 0.6 is 0 Å². The van der Waals surface area contributed by atoms with Crippen molar-refractivity contribution in [2.45, 2.75) is 6.18 Å². The second kappa shape index (κ2) is 10.3. The van der Waals surface area contributed by atoms with Crippen molar-refractivity contribution in [3.05, 3.63) is 104 Å². The molecule has 13 heteroatoms. The molecule has 0 radical (unpaired) electrons. The monoisotopic (exact) mass is 498 g/mol. The van der Waals surface area contributed by atoms with Gasteiger partial charge in [0.1, 0.15) is 17.4 Å². The van der Waals surface area contributed by atoms with Crippen molar-refractivity contribution in [1.82, 2.24) is 0 Å². The first-order valence-electron chi connectivity index (χ1n) is 9.79. The molecular formula is C23H13F3N4O6. The lowest BCUT2D eigenvalue weighted by atomic mass is 10.1. The van der Waals surface area contributed by atoms with E-state index in [1.807, 2.05) is 0 Å². The molecule has 36 heavy (non-hydrogen) atoms. The van der Waals surface area contributed by atoms with Gasteiger partial charge >= 0.3 is 11.9 Å². The average molecular weight is 498 g/mol. The first kappa shape index (κ1) is 25.4. The van der Waals surface area contributed by atoms with Crippen LogP contribution in [-0.4, -0.2) is 15.8 Å². The minimum Gasteiger partial charge on any atom is -0.450 e. The summed E-state index contributed by atoms with van der Waals surface area (Å²) in [5.41, 5.74) is -2.19. The summed E-state index contributed by atoms with van der Waals surface area (Å²) in [7, 11) is 0. The number of nitrogens with zero attached hydrogens (tertiary/aromatic N) is 3. The van der Waals surface area contributed by atoms with E-state index < -0.39 is 38.9 Å². The van der Waals surface area contributed by atoms with Crippen molar-refractivity contribution in [3.8, 4) is 17.6 Å². The third-order valence-corrected chi connectivity index (χ3v) is 4.58. The Bertz CT molecular complexity index is 1410. The van der Waals surface area contributed by atoms with Crippen molar-refractivity contribution < 1.29 is 32.5 Å². The Labute approximate surface area is 200 Å². The van der Waals surface area contributed by atoms with E-state index in [1.165, 1.54) is 48.5 Å². The van der Waals surface area contributed by atoms with Gasteiger partial charge in [0.25, 0.3) is 11.6 Å². The fraction of sp³-hybridized carbons (Fsp3) is 0.0435. The Kier molecular flexibility index (Phi) is 7.29. The highest BCUT2D eigenvalue weighted by molar-refractivity contribution is 6.09. The third kappa shape index (κ3) is 6.20. The van der Waals surface area contributed by atoms with Gasteiger partial charge in [-0.1, -0.05) is 18.2 Å². The van der Waals surface area contributed by atoms with Gasteiger partial charge in [-0.05, 0) is 42.0 Å². The number of nitro groups is 2. The molecule has 0 heterocycles. The second-order valence-corrected chi connectivity index (χ2v) is 7.04. The summed E-state index contributed by atoms with van der Waals surface area (Å²) in [6.07, 6.45) is -3.55. The number of hydrogen-bond donors (Lipinski definition) is 1. The van der Waals surface area contributed by atoms with Crippen LogP contribution in [0.5, 0.6) is 11.5 Å². The van der Waals surface area contributed by atoms with Crippen molar-refractivity contribution in [2.75, 3.05) is 5.32 Å². The molecule has 0 aliphatic heterocycles. The predicted octanol–water partition coefficient (Wildman–Crippen LogP) is 5.86. The summed E-state index contributed by atoms with van der Waals surface area (Å²) < 4.78 is 43.9. The molecule has 1 amide bonds. The lowest BCUT2D eigenvalue weighted by Gasteiger charge is -2.10. The highest BCUT2D eigenvalue weighted by Crippen LogP contribution is 2.37. The molecule has 0 atom stereocenters. The van der Waals surface area contributed by atoms with Gasteiger partial charge in [0.2, 0.25) is 5.75 Å². The van der Waals surface area contributed by atoms with E-state index in [-0.39, 0.29) is 22.7 Å². The van der Waals surface area contributed by atoms with Crippen LogP contribution in [0.4, 0.5) is 30.2 Å². The van der Waals surface area contributed by atoms with Gasteiger partial charge in [0.05, 0.1) is 15.4 Å². The number of ether oxygens (including phenoxy) is 1. The Morgan fingerprint density at radius 1 is 1.00 bits per heavy atom. The number of carbonyl (C=O) groups is 1. The zero-order valence-electron chi connectivity index (χ0n) is 17.9. The largest absolute Gasteiger partial charge is 0.450 e. The summed E-state index contributed by atoms with van der Waals surface area (Å²) in [6, 6.07) is 14.2. The number of rotatable bonds is 7. The average Bonchev–Trinajstić information content (AvgIpc) is 2.83. The van der Waals surface area contributed by atoms with Crippen molar-refractivity contribution in [3.63, 3.8) is 0 Å². The molecule has 3 aromatic rings. The summed E-state index contributed by atoms with van der Waals surface area (Å²) >= 11 is 0. The quantitative estimate of drug-likeness (QED) is 0.186. The number of nitrogens with one attached hydrogen (secondary N) is 1. The van der Waals surface area contributed by atoms with Crippen molar-refractivity contribution in [1.29, 1.82) is 5.26 Å². The Balaban J connectivity index is 1.78. The molecule has 10 nitrogen and oxygen atoms in total. The number of halogens is 3. The fourth-order valence-electron chi connectivity index (χ4n) is 2.89. The first-order valence-corrected chi connectivity index (χ1v) is 9.79. The molecule has 3 aromatic carbocycles. The molecule has 0 saturated heterocycles. The van der Waals surface area contributed by atoms with Crippen molar-refractivity contribution in [2.24, 2.45) is 0 Å². The van der Waals surface area contributed by atoms with Gasteiger partial charge in [0, 0.05) is 23.9 Å². The Morgan fingerprint density at radius 2 is 1.69 bits per heavy atom. The highest BCUT2D eigenvalue weighted by atomic mass is 19.4. The number of benzene rings is 3. The van der Waals surface area contributed by atoms with Crippen LogP contribution in [0.2, 0.25) is 0 Å². The molecule has 0 fully saturated rings. The lowest BCUT2D eigenvalue weighted by molar-refractivity contribution is -0.385. The van der Waals surface area contributed by atoms with Crippen LogP contribution in [0.15, 0.2) is 72.3 Å². The molecule has 0 unspecified atom stereocenters. The third-order valence-electron chi connectivity index (χ3n) is 4.58. The minimum atomic E-state index is -4.77. The zero-order chi connectivity index (χ0) is 26.5. The molecule has 0 spiro atoms. The Hall–Kier alpha value is -5.25. The number of non-ortho nitro benzene ring substituents is 1. The van der Waals surface area contributed by atoms with E-state index in [9.17, 15) is 43.5 Å². The van der Waals surface area contributed by atoms with E-state index in [4.69, 9.17) is 4.74 Å². The molecule has 182 valence electrons. The number of nitro benzene ring substituents is 2. The first-order chi connectivity index (χ1) is 17.0. The summed E-state index contributed by atoms with van der Waals surface area (Å²) in [4.78, 5) is 32.8. The summed E-state index contributed by atoms with van der Waals surface area (Å²) in [5.74, 6) is -1.18. The topological polar surface area (TPSA) is 148 Å². The summed E-state index contributed by atoms with van der Waals surface area (Å²) in [5, 5.41) is 33.8. The maximum Gasteiger partial charge on any atom is 0.416 e.